The summed E-state index contributed by atoms with van der Waals surface area (Å²) in [5.74, 6) is -0.163. The van der Waals surface area contributed by atoms with Gasteiger partial charge in [0.15, 0.2) is 0 Å². The van der Waals surface area contributed by atoms with Gasteiger partial charge in [-0.2, -0.15) is 13.2 Å². The first kappa shape index (κ1) is 15.0. The summed E-state index contributed by atoms with van der Waals surface area (Å²) in [7, 11) is 0. The van der Waals surface area contributed by atoms with Crippen LogP contribution < -0.4 is 5.32 Å². The van der Waals surface area contributed by atoms with Crippen molar-refractivity contribution in [2.45, 2.75) is 19.1 Å². The zero-order valence-corrected chi connectivity index (χ0v) is 11.1. The molecule has 1 atom stereocenters. The molecule has 3 nitrogen and oxygen atoms in total. The van der Waals surface area contributed by atoms with Gasteiger partial charge in [0.2, 0.25) is 0 Å². The lowest BCUT2D eigenvalue weighted by atomic mass is 10.1. The summed E-state index contributed by atoms with van der Waals surface area (Å²) >= 11 is 0. The summed E-state index contributed by atoms with van der Waals surface area (Å²) < 4.78 is 37.4. The molecule has 0 aliphatic heterocycles. The highest BCUT2D eigenvalue weighted by Crippen LogP contribution is 2.35. The molecule has 1 unspecified atom stereocenters. The fraction of sp³-hybridized carbons (Fsp3) is 0.200. The van der Waals surface area contributed by atoms with Crippen LogP contribution in [0.15, 0.2) is 42.5 Å². The van der Waals surface area contributed by atoms with Crippen LogP contribution in [0.25, 0.3) is 0 Å². The Balaban J connectivity index is 2.18. The Morgan fingerprint density at radius 3 is 1.95 bits per heavy atom. The molecule has 2 rings (SSSR count). The minimum atomic E-state index is -4.37. The molecule has 0 aliphatic rings. The van der Waals surface area contributed by atoms with Gasteiger partial charge >= 0.3 is 6.18 Å². The average molecular weight is 297 g/mol. The van der Waals surface area contributed by atoms with E-state index in [1.807, 2.05) is 0 Å². The molecule has 112 valence electrons. The molecule has 0 saturated carbocycles. The number of halogens is 3. The molecule has 0 heterocycles. The van der Waals surface area contributed by atoms with Gasteiger partial charge in [0.1, 0.15) is 11.5 Å². The van der Waals surface area contributed by atoms with Crippen molar-refractivity contribution in [2.24, 2.45) is 0 Å². The smallest absolute Gasteiger partial charge is 0.416 e. The first-order chi connectivity index (χ1) is 9.79. The predicted molar refractivity (Wildman–Crippen MR) is 73.3 cm³/mol. The van der Waals surface area contributed by atoms with Gasteiger partial charge in [-0.3, -0.25) is 0 Å². The van der Waals surface area contributed by atoms with E-state index in [1.54, 1.807) is 6.92 Å². The normalized spacial score (nSPS) is 13.0. The van der Waals surface area contributed by atoms with E-state index in [0.29, 0.717) is 5.69 Å². The standard InChI is InChI=1S/C15H14F3NO2/c1-9(14-12(20)3-2-4-13(14)21)19-11-7-5-10(6-8-11)15(16,17)18/h2-9,19-21H,1H3. The van der Waals surface area contributed by atoms with Crippen LogP contribution in [0.1, 0.15) is 24.1 Å². The Kier molecular flexibility index (Phi) is 3.97. The van der Waals surface area contributed by atoms with E-state index >= 15 is 0 Å². The number of phenols is 2. The highest BCUT2D eigenvalue weighted by Gasteiger charge is 2.30. The monoisotopic (exact) mass is 297 g/mol. The van der Waals surface area contributed by atoms with Crippen molar-refractivity contribution in [2.75, 3.05) is 5.32 Å². The van der Waals surface area contributed by atoms with Crippen LogP contribution in [0, 0.1) is 0 Å². The van der Waals surface area contributed by atoms with Gasteiger partial charge in [0.05, 0.1) is 17.2 Å². The van der Waals surface area contributed by atoms with Crippen molar-refractivity contribution < 1.29 is 23.4 Å². The quantitative estimate of drug-likeness (QED) is 0.792. The maximum Gasteiger partial charge on any atom is 0.416 e. The van der Waals surface area contributed by atoms with Gasteiger partial charge in [-0.1, -0.05) is 6.07 Å². The number of anilines is 1. The predicted octanol–water partition coefficient (Wildman–Crippen LogP) is 4.29. The van der Waals surface area contributed by atoms with Crippen molar-refractivity contribution in [1.29, 1.82) is 0 Å². The number of alkyl halides is 3. The summed E-state index contributed by atoms with van der Waals surface area (Å²) in [4.78, 5) is 0. The molecule has 0 spiro atoms. The third kappa shape index (κ3) is 3.39. The van der Waals surface area contributed by atoms with E-state index in [2.05, 4.69) is 5.32 Å². The molecular weight excluding hydrogens is 283 g/mol. The highest BCUT2D eigenvalue weighted by molar-refractivity contribution is 5.52. The van der Waals surface area contributed by atoms with E-state index in [1.165, 1.54) is 30.3 Å². The lowest BCUT2D eigenvalue weighted by Gasteiger charge is -2.18. The minimum Gasteiger partial charge on any atom is -0.507 e. The second-order valence-corrected chi connectivity index (χ2v) is 4.65. The molecule has 0 aliphatic carbocycles. The minimum absolute atomic E-state index is 0.0816. The molecular formula is C15H14F3NO2. The molecule has 6 heteroatoms. The molecule has 2 aromatic rings. The van der Waals surface area contributed by atoms with Crippen LogP contribution in [0.4, 0.5) is 18.9 Å². The summed E-state index contributed by atoms with van der Waals surface area (Å²) in [6, 6.07) is 8.44. The van der Waals surface area contributed by atoms with Crippen molar-refractivity contribution >= 4 is 5.69 Å². The zero-order chi connectivity index (χ0) is 15.6. The van der Waals surface area contributed by atoms with Gasteiger partial charge in [-0.15, -0.1) is 0 Å². The Morgan fingerprint density at radius 2 is 1.48 bits per heavy atom. The van der Waals surface area contributed by atoms with Gasteiger partial charge in [0.25, 0.3) is 0 Å². The molecule has 21 heavy (non-hydrogen) atoms. The van der Waals surface area contributed by atoms with E-state index in [9.17, 15) is 23.4 Å². The SMILES string of the molecule is CC(Nc1ccc(C(F)(F)F)cc1)c1c(O)cccc1O. The van der Waals surface area contributed by atoms with Crippen molar-refractivity contribution in [1.82, 2.24) is 0 Å². The summed E-state index contributed by atoms with van der Waals surface area (Å²) in [5, 5.41) is 22.4. The lowest BCUT2D eigenvalue weighted by molar-refractivity contribution is -0.137. The molecule has 0 amide bonds. The molecule has 0 bridgehead atoms. The second kappa shape index (κ2) is 5.55. The summed E-state index contributed by atoms with van der Waals surface area (Å²) in [5.41, 5.74) is 0.0154. The number of rotatable bonds is 3. The van der Waals surface area contributed by atoms with Gasteiger partial charge in [0, 0.05) is 5.69 Å². The fourth-order valence-electron chi connectivity index (χ4n) is 2.06. The number of nitrogens with one attached hydrogen (secondary N) is 1. The fourth-order valence-corrected chi connectivity index (χ4v) is 2.06. The maximum atomic E-state index is 12.5. The maximum absolute atomic E-state index is 12.5. The first-order valence-corrected chi connectivity index (χ1v) is 6.23. The summed E-state index contributed by atoms with van der Waals surface area (Å²) in [6.45, 7) is 1.69. The van der Waals surface area contributed by atoms with Gasteiger partial charge in [-0.25, -0.2) is 0 Å². The van der Waals surface area contributed by atoms with E-state index in [-0.39, 0.29) is 17.1 Å². The van der Waals surface area contributed by atoms with Crippen LogP contribution in [-0.4, -0.2) is 10.2 Å². The second-order valence-electron chi connectivity index (χ2n) is 4.65. The summed E-state index contributed by atoms with van der Waals surface area (Å²) in [6.07, 6.45) is -4.37. The third-order valence-corrected chi connectivity index (χ3v) is 3.09. The van der Waals surface area contributed by atoms with Crippen LogP contribution in [-0.2, 0) is 6.18 Å². The Morgan fingerprint density at radius 1 is 0.952 bits per heavy atom. The molecule has 0 aromatic heterocycles. The highest BCUT2D eigenvalue weighted by atomic mass is 19.4. The molecule has 0 radical (unpaired) electrons. The molecule has 2 aromatic carbocycles. The number of hydrogen-bond acceptors (Lipinski definition) is 3. The molecule has 3 N–H and O–H groups in total. The third-order valence-electron chi connectivity index (χ3n) is 3.09. The van der Waals surface area contributed by atoms with Crippen LogP contribution in [0.5, 0.6) is 11.5 Å². The van der Waals surface area contributed by atoms with Crippen LogP contribution in [0.2, 0.25) is 0 Å². The van der Waals surface area contributed by atoms with Gasteiger partial charge < -0.3 is 15.5 Å². The first-order valence-electron chi connectivity index (χ1n) is 6.23. The Hall–Kier alpha value is -2.37. The van der Waals surface area contributed by atoms with Crippen LogP contribution in [0.3, 0.4) is 0 Å². The van der Waals surface area contributed by atoms with Crippen molar-refractivity contribution in [3.8, 4) is 11.5 Å². The number of aromatic hydroxyl groups is 2. The molecule has 0 saturated heterocycles. The topological polar surface area (TPSA) is 52.5 Å². The number of hydrogen-bond donors (Lipinski definition) is 3. The van der Waals surface area contributed by atoms with Gasteiger partial charge in [-0.05, 0) is 43.3 Å². The average Bonchev–Trinajstić information content (AvgIpc) is 2.38. The van der Waals surface area contributed by atoms with E-state index < -0.39 is 17.8 Å². The van der Waals surface area contributed by atoms with Crippen molar-refractivity contribution in [3.63, 3.8) is 0 Å². The van der Waals surface area contributed by atoms with Crippen LogP contribution >= 0.6 is 0 Å². The zero-order valence-electron chi connectivity index (χ0n) is 11.1. The Labute approximate surface area is 119 Å². The number of phenolic OH excluding ortho intramolecular Hbond substituents is 2. The van der Waals surface area contributed by atoms with Crippen molar-refractivity contribution in [3.05, 3.63) is 53.6 Å². The lowest BCUT2D eigenvalue weighted by Crippen LogP contribution is -2.08. The van der Waals surface area contributed by atoms with E-state index in [4.69, 9.17) is 0 Å². The Bertz CT molecular complexity index is 604. The number of benzene rings is 2. The van der Waals surface area contributed by atoms with E-state index in [0.717, 1.165) is 12.1 Å². The molecule has 0 fully saturated rings. The largest absolute Gasteiger partial charge is 0.507 e.